The molecule has 0 saturated heterocycles. The molecule has 0 radical (unpaired) electrons. The maximum absolute atomic E-state index is 12.8. The molecule has 3 unspecified atom stereocenters. The number of hydrogen-bond acceptors (Lipinski definition) is 9. The normalized spacial score (nSPS) is 21.5. The van der Waals surface area contributed by atoms with Crippen LogP contribution in [-0.4, -0.2) is 99.3 Å². The van der Waals surface area contributed by atoms with E-state index in [1.807, 2.05) is 36.9 Å². The topological polar surface area (TPSA) is 153 Å². The van der Waals surface area contributed by atoms with Crippen molar-refractivity contribution in [3.63, 3.8) is 0 Å². The monoisotopic (exact) mass is 598 g/mol. The van der Waals surface area contributed by atoms with E-state index in [0.717, 1.165) is 12.8 Å². The van der Waals surface area contributed by atoms with Crippen molar-refractivity contribution in [3.05, 3.63) is 29.6 Å². The summed E-state index contributed by atoms with van der Waals surface area (Å²) < 4.78 is 48.4. The van der Waals surface area contributed by atoms with Crippen LogP contribution in [0.25, 0.3) is 0 Å². The van der Waals surface area contributed by atoms with Crippen LogP contribution in [0.1, 0.15) is 50.9 Å². The molecule has 0 aliphatic carbocycles. The standard InChI is InChI=1S/C23H45N4O8P3/c1-4-6-15-34-37(30,31)20-25-11-13-26(19-36(3,28)29)17-22-9-8-10-23(24-22)18-27(14-12-25)21-38(32,33)35-16-7-5-2/h8-10H,4-7,11-21H2,1-3H3,(H,28,29)(H,30,31)(H,32,33). The SMILES string of the molecule is CCCCOP(=O)(O)CN1CCN(CP(C)(=O)O)Cc2cccc(n2)CN(CP(=O)(O)OCCCC)CC1. The minimum atomic E-state index is -3.92. The molecule has 15 heteroatoms. The first-order chi connectivity index (χ1) is 17.8. The van der Waals surface area contributed by atoms with E-state index < -0.39 is 22.6 Å². The number of aromatic nitrogens is 1. The van der Waals surface area contributed by atoms with Gasteiger partial charge in [0.25, 0.3) is 0 Å². The molecule has 0 amide bonds. The van der Waals surface area contributed by atoms with Gasteiger partial charge >= 0.3 is 15.2 Å². The maximum Gasteiger partial charge on any atom is 0.342 e. The molecule has 0 fully saturated rings. The van der Waals surface area contributed by atoms with Crippen molar-refractivity contribution in [2.75, 3.05) is 64.9 Å². The van der Waals surface area contributed by atoms with Crippen molar-refractivity contribution < 1.29 is 37.4 Å². The average molecular weight is 599 g/mol. The van der Waals surface area contributed by atoms with Crippen LogP contribution >= 0.6 is 22.6 Å². The van der Waals surface area contributed by atoms with Gasteiger partial charge in [0.15, 0.2) is 0 Å². The van der Waals surface area contributed by atoms with Crippen molar-refractivity contribution >= 4 is 22.6 Å². The molecule has 0 spiro atoms. The van der Waals surface area contributed by atoms with Gasteiger partial charge in [-0.15, -0.1) is 0 Å². The zero-order chi connectivity index (χ0) is 28.2. The molecule has 0 saturated carbocycles. The second-order valence-electron chi connectivity index (χ2n) is 9.97. The lowest BCUT2D eigenvalue weighted by Gasteiger charge is -2.32. The van der Waals surface area contributed by atoms with Gasteiger partial charge in [-0.2, -0.15) is 0 Å². The number of rotatable bonds is 14. The summed E-state index contributed by atoms with van der Waals surface area (Å²) in [5, 5.41) is 0. The molecule has 1 aromatic heterocycles. The highest BCUT2D eigenvalue weighted by molar-refractivity contribution is 7.57. The van der Waals surface area contributed by atoms with Crippen LogP contribution < -0.4 is 0 Å². The highest BCUT2D eigenvalue weighted by atomic mass is 31.2. The first-order valence-electron chi connectivity index (χ1n) is 13.1. The molecule has 38 heavy (non-hydrogen) atoms. The molecule has 3 N–H and O–H groups in total. The van der Waals surface area contributed by atoms with Crippen molar-refractivity contribution in [3.8, 4) is 0 Å². The van der Waals surface area contributed by atoms with Crippen molar-refractivity contribution in [2.24, 2.45) is 0 Å². The number of fused-ring (bicyclic) bond motifs is 2. The summed E-state index contributed by atoms with van der Waals surface area (Å²) in [6, 6.07) is 5.50. The summed E-state index contributed by atoms with van der Waals surface area (Å²) in [6.45, 7) is 7.55. The predicted octanol–water partition coefficient (Wildman–Crippen LogP) is 3.78. The zero-order valence-corrected chi connectivity index (χ0v) is 25.5. The molecular formula is C23H45N4O8P3. The average Bonchev–Trinajstić information content (AvgIpc) is 2.79. The fraction of sp³-hybridized carbons (Fsp3) is 0.783. The van der Waals surface area contributed by atoms with Crippen molar-refractivity contribution in [1.29, 1.82) is 0 Å². The molecule has 220 valence electrons. The largest absolute Gasteiger partial charge is 0.344 e. The van der Waals surface area contributed by atoms with E-state index in [2.05, 4.69) is 4.98 Å². The van der Waals surface area contributed by atoms with Gasteiger partial charge < -0.3 is 23.7 Å². The summed E-state index contributed by atoms with van der Waals surface area (Å²) in [6.07, 6.45) is 2.58. The van der Waals surface area contributed by atoms with Crippen LogP contribution in [0.15, 0.2) is 18.2 Å². The van der Waals surface area contributed by atoms with Crippen LogP contribution in [0.4, 0.5) is 0 Å². The molecule has 2 heterocycles. The summed E-state index contributed by atoms with van der Waals surface area (Å²) in [5.41, 5.74) is 1.38. The molecule has 3 atom stereocenters. The summed E-state index contributed by atoms with van der Waals surface area (Å²) >= 11 is 0. The van der Waals surface area contributed by atoms with E-state index in [9.17, 15) is 28.4 Å². The van der Waals surface area contributed by atoms with Crippen LogP contribution in [-0.2, 0) is 35.8 Å². The Bertz CT molecular complexity index is 995. The van der Waals surface area contributed by atoms with E-state index >= 15 is 0 Å². The van der Waals surface area contributed by atoms with Crippen LogP contribution in [0, 0.1) is 0 Å². The number of unbranched alkanes of at least 4 members (excludes halogenated alkanes) is 2. The van der Waals surface area contributed by atoms with E-state index in [1.165, 1.54) is 6.66 Å². The minimum Gasteiger partial charge on any atom is -0.344 e. The first-order valence-corrected chi connectivity index (χ1v) is 19.0. The number of nitrogens with zero attached hydrogens (tertiary/aromatic N) is 4. The van der Waals surface area contributed by atoms with Gasteiger partial charge in [-0.25, -0.2) is 0 Å². The quantitative estimate of drug-likeness (QED) is 0.211. The third-order valence-corrected chi connectivity index (χ3v) is 9.51. The van der Waals surface area contributed by atoms with Crippen LogP contribution in [0.2, 0.25) is 0 Å². The number of hydrogen-bond donors (Lipinski definition) is 3. The predicted molar refractivity (Wildman–Crippen MR) is 148 cm³/mol. The fourth-order valence-corrected chi connectivity index (χ4v) is 7.55. The lowest BCUT2D eigenvalue weighted by molar-refractivity contribution is 0.171. The second kappa shape index (κ2) is 16.1. The summed E-state index contributed by atoms with van der Waals surface area (Å²) in [7, 11) is -11.2. The zero-order valence-electron chi connectivity index (χ0n) is 22.9. The Morgan fingerprint density at radius 3 is 1.63 bits per heavy atom. The molecule has 2 rings (SSSR count). The van der Waals surface area contributed by atoms with E-state index in [4.69, 9.17) is 9.05 Å². The first kappa shape index (κ1) is 33.7. The van der Waals surface area contributed by atoms with Crippen LogP contribution in [0.5, 0.6) is 0 Å². The molecule has 2 bridgehead atoms. The van der Waals surface area contributed by atoms with E-state index in [1.54, 1.807) is 9.80 Å². The Balaban J connectivity index is 2.28. The molecule has 0 aromatic carbocycles. The van der Waals surface area contributed by atoms with Crippen molar-refractivity contribution in [2.45, 2.75) is 52.6 Å². The second-order valence-corrected chi connectivity index (χ2v) is 16.0. The van der Waals surface area contributed by atoms with Gasteiger partial charge in [0.2, 0.25) is 7.37 Å². The van der Waals surface area contributed by atoms with E-state index in [0.29, 0.717) is 57.0 Å². The Morgan fingerprint density at radius 1 is 0.763 bits per heavy atom. The molecule has 12 nitrogen and oxygen atoms in total. The van der Waals surface area contributed by atoms with Gasteiger partial charge in [0.1, 0.15) is 12.6 Å². The Morgan fingerprint density at radius 2 is 1.18 bits per heavy atom. The minimum absolute atomic E-state index is 0.0363. The van der Waals surface area contributed by atoms with Crippen LogP contribution in [0.3, 0.4) is 0 Å². The fourth-order valence-electron chi connectivity index (χ4n) is 4.04. The molecule has 1 aliphatic rings. The third-order valence-electron chi connectivity index (χ3n) is 5.90. The van der Waals surface area contributed by atoms with Gasteiger partial charge in [-0.05, 0) is 25.0 Å². The third kappa shape index (κ3) is 14.2. The molecular weight excluding hydrogens is 553 g/mol. The Kier molecular flexibility index (Phi) is 14.3. The number of pyridine rings is 1. The Labute approximate surface area is 226 Å². The van der Waals surface area contributed by atoms with Crippen molar-refractivity contribution in [1.82, 2.24) is 19.7 Å². The maximum atomic E-state index is 12.8. The van der Waals surface area contributed by atoms with Gasteiger partial charge in [-0.3, -0.25) is 33.4 Å². The van der Waals surface area contributed by atoms with Gasteiger partial charge in [0, 0.05) is 45.9 Å². The van der Waals surface area contributed by atoms with E-state index in [-0.39, 0.29) is 38.6 Å². The Hall–Kier alpha value is -0.480. The highest BCUT2D eigenvalue weighted by Gasteiger charge is 2.28. The summed E-state index contributed by atoms with van der Waals surface area (Å²) in [5.74, 6) is 0. The van der Waals surface area contributed by atoms with Gasteiger partial charge in [-0.1, -0.05) is 32.8 Å². The molecule has 1 aliphatic heterocycles. The lowest BCUT2D eigenvalue weighted by Crippen LogP contribution is -2.41. The van der Waals surface area contributed by atoms with Gasteiger partial charge in [0.05, 0.1) is 30.9 Å². The summed E-state index contributed by atoms with van der Waals surface area (Å²) in [4.78, 5) is 41.0. The lowest BCUT2D eigenvalue weighted by atomic mass is 10.2. The molecule has 1 aromatic rings. The highest BCUT2D eigenvalue weighted by Crippen LogP contribution is 2.44. The smallest absolute Gasteiger partial charge is 0.342 e.